The largest absolute Gasteiger partial charge is 0.358 e. The molecule has 0 aliphatic rings. The van der Waals surface area contributed by atoms with E-state index in [4.69, 9.17) is 5.14 Å². The third-order valence-electron chi connectivity index (χ3n) is 5.02. The molecule has 1 heterocycles. The van der Waals surface area contributed by atoms with Gasteiger partial charge in [0.2, 0.25) is 15.9 Å². The van der Waals surface area contributed by atoms with Gasteiger partial charge in [-0.2, -0.15) is 0 Å². The van der Waals surface area contributed by atoms with Gasteiger partial charge in [-0.1, -0.05) is 30.3 Å². The van der Waals surface area contributed by atoms with E-state index in [1.54, 1.807) is 24.1 Å². The second-order valence-corrected chi connectivity index (χ2v) is 8.31. The molecule has 0 saturated carbocycles. The number of amides is 1. The van der Waals surface area contributed by atoms with Gasteiger partial charge in [0, 0.05) is 23.6 Å². The van der Waals surface area contributed by atoms with E-state index in [2.05, 4.69) is 4.98 Å². The van der Waals surface area contributed by atoms with Gasteiger partial charge < -0.3 is 9.88 Å². The molecule has 3 aromatic rings. The first kappa shape index (κ1) is 19.1. The Kier molecular flexibility index (Phi) is 5.08. The molecule has 0 bridgehead atoms. The molecular formula is C20H23N3O3S. The summed E-state index contributed by atoms with van der Waals surface area (Å²) in [5.41, 5.74) is 3.85. The van der Waals surface area contributed by atoms with Crippen LogP contribution in [0.5, 0.6) is 0 Å². The van der Waals surface area contributed by atoms with Crippen LogP contribution in [-0.2, 0) is 21.2 Å². The summed E-state index contributed by atoms with van der Waals surface area (Å²) in [6, 6.07) is 14.0. The summed E-state index contributed by atoms with van der Waals surface area (Å²) in [6.07, 6.45) is 0.298. The smallest absolute Gasteiger partial charge is 0.238 e. The lowest BCUT2D eigenvalue weighted by molar-refractivity contribution is -0.131. The molecule has 0 saturated heterocycles. The van der Waals surface area contributed by atoms with Gasteiger partial charge in [-0.05, 0) is 43.2 Å². The highest BCUT2D eigenvalue weighted by Gasteiger charge is 2.20. The standard InChI is InChI=1S/C20H23N3O3S/c1-13-18(17-6-4-5-7-19(17)22-13)12-20(24)23(3)14(2)15-8-10-16(11-9-15)27(21,25)26/h4-11,14,22H,12H2,1-3H3,(H2,21,25,26). The Hall–Kier alpha value is -2.64. The van der Waals surface area contributed by atoms with E-state index in [0.29, 0.717) is 6.42 Å². The number of benzene rings is 2. The van der Waals surface area contributed by atoms with Gasteiger partial charge in [0.1, 0.15) is 0 Å². The van der Waals surface area contributed by atoms with E-state index in [-0.39, 0.29) is 16.8 Å². The zero-order chi connectivity index (χ0) is 19.8. The van der Waals surface area contributed by atoms with E-state index < -0.39 is 10.0 Å². The van der Waals surface area contributed by atoms with Gasteiger partial charge in [0.15, 0.2) is 0 Å². The highest BCUT2D eigenvalue weighted by molar-refractivity contribution is 7.89. The van der Waals surface area contributed by atoms with E-state index >= 15 is 0 Å². The number of hydrogen-bond acceptors (Lipinski definition) is 3. The van der Waals surface area contributed by atoms with E-state index in [0.717, 1.165) is 27.7 Å². The maximum absolute atomic E-state index is 12.8. The zero-order valence-electron chi connectivity index (χ0n) is 15.6. The third-order valence-corrected chi connectivity index (χ3v) is 5.95. The SMILES string of the molecule is Cc1[nH]c2ccccc2c1CC(=O)N(C)C(C)c1ccc(S(N)(=O)=O)cc1. The number of likely N-dealkylation sites (N-methyl/N-ethyl adjacent to an activating group) is 1. The van der Waals surface area contributed by atoms with E-state index in [1.165, 1.54) is 12.1 Å². The van der Waals surface area contributed by atoms with Crippen LogP contribution in [0.3, 0.4) is 0 Å². The van der Waals surface area contributed by atoms with Gasteiger partial charge in [-0.15, -0.1) is 0 Å². The van der Waals surface area contributed by atoms with Gasteiger partial charge in [-0.25, -0.2) is 13.6 Å². The normalized spacial score (nSPS) is 12.9. The number of para-hydroxylation sites is 1. The van der Waals surface area contributed by atoms with Crippen LogP contribution in [-0.4, -0.2) is 31.3 Å². The van der Waals surface area contributed by atoms with Crippen molar-refractivity contribution in [2.75, 3.05) is 7.05 Å². The molecule has 7 heteroatoms. The van der Waals surface area contributed by atoms with Crippen molar-refractivity contribution >= 4 is 26.8 Å². The Morgan fingerprint density at radius 3 is 2.41 bits per heavy atom. The van der Waals surface area contributed by atoms with Crippen LogP contribution < -0.4 is 5.14 Å². The van der Waals surface area contributed by atoms with Crippen LogP contribution in [0.25, 0.3) is 10.9 Å². The van der Waals surface area contributed by atoms with Crippen molar-refractivity contribution in [2.24, 2.45) is 5.14 Å². The summed E-state index contributed by atoms with van der Waals surface area (Å²) >= 11 is 0. The molecular weight excluding hydrogens is 362 g/mol. The quantitative estimate of drug-likeness (QED) is 0.707. The first-order chi connectivity index (χ1) is 12.7. The molecule has 0 aliphatic heterocycles. The molecule has 6 nitrogen and oxygen atoms in total. The number of nitrogens with two attached hydrogens (primary N) is 1. The number of nitrogens with zero attached hydrogens (tertiary/aromatic N) is 1. The molecule has 142 valence electrons. The first-order valence-electron chi connectivity index (χ1n) is 8.63. The average molecular weight is 385 g/mol. The molecule has 3 rings (SSSR count). The van der Waals surface area contributed by atoms with Crippen molar-refractivity contribution in [3.8, 4) is 0 Å². The minimum Gasteiger partial charge on any atom is -0.358 e. The van der Waals surface area contributed by atoms with Crippen LogP contribution >= 0.6 is 0 Å². The molecule has 0 aliphatic carbocycles. The summed E-state index contributed by atoms with van der Waals surface area (Å²) < 4.78 is 22.8. The van der Waals surface area contributed by atoms with E-state index in [9.17, 15) is 13.2 Å². The van der Waals surface area contributed by atoms with Crippen molar-refractivity contribution in [3.63, 3.8) is 0 Å². The molecule has 3 N–H and O–H groups in total. The number of aromatic nitrogens is 1. The van der Waals surface area contributed by atoms with Crippen LogP contribution in [0.15, 0.2) is 53.4 Å². The number of nitrogens with one attached hydrogen (secondary N) is 1. The second kappa shape index (κ2) is 7.17. The number of carbonyl (C=O) groups is 1. The number of aryl methyl sites for hydroxylation is 1. The van der Waals surface area contributed by atoms with Gasteiger partial charge in [0.25, 0.3) is 0 Å². The fraction of sp³-hybridized carbons (Fsp3) is 0.250. The van der Waals surface area contributed by atoms with E-state index in [1.807, 2.05) is 38.1 Å². The van der Waals surface area contributed by atoms with Crippen LogP contribution in [0.2, 0.25) is 0 Å². The predicted molar refractivity (Wildman–Crippen MR) is 106 cm³/mol. The molecule has 2 aromatic carbocycles. The highest BCUT2D eigenvalue weighted by atomic mass is 32.2. The number of hydrogen-bond donors (Lipinski definition) is 2. The fourth-order valence-corrected chi connectivity index (χ4v) is 3.73. The molecule has 0 fully saturated rings. The fourth-order valence-electron chi connectivity index (χ4n) is 3.21. The van der Waals surface area contributed by atoms with Crippen molar-refractivity contribution < 1.29 is 13.2 Å². The second-order valence-electron chi connectivity index (χ2n) is 6.75. The Labute approximate surface area is 159 Å². The van der Waals surface area contributed by atoms with Crippen LogP contribution in [0, 0.1) is 6.92 Å². The van der Waals surface area contributed by atoms with Crippen molar-refractivity contribution in [3.05, 3.63) is 65.4 Å². The number of primary sulfonamides is 1. The predicted octanol–water partition coefficient (Wildman–Crippen LogP) is 2.89. The number of aromatic amines is 1. The Morgan fingerprint density at radius 2 is 1.78 bits per heavy atom. The molecule has 1 atom stereocenters. The molecule has 1 unspecified atom stereocenters. The minimum absolute atomic E-state index is 0.00845. The molecule has 27 heavy (non-hydrogen) atoms. The Bertz CT molecular complexity index is 1090. The summed E-state index contributed by atoms with van der Waals surface area (Å²) in [6.45, 7) is 3.88. The number of fused-ring (bicyclic) bond motifs is 1. The summed E-state index contributed by atoms with van der Waals surface area (Å²) in [5.74, 6) is -0.00845. The van der Waals surface area contributed by atoms with Gasteiger partial charge >= 0.3 is 0 Å². The van der Waals surface area contributed by atoms with Crippen LogP contribution in [0.1, 0.15) is 29.8 Å². The minimum atomic E-state index is -3.73. The first-order valence-corrected chi connectivity index (χ1v) is 10.2. The lowest BCUT2D eigenvalue weighted by Crippen LogP contribution is -2.31. The number of rotatable bonds is 5. The average Bonchev–Trinajstić information content (AvgIpc) is 2.95. The number of H-pyrrole nitrogens is 1. The van der Waals surface area contributed by atoms with Crippen molar-refractivity contribution in [1.82, 2.24) is 9.88 Å². The maximum Gasteiger partial charge on any atom is 0.238 e. The maximum atomic E-state index is 12.8. The van der Waals surface area contributed by atoms with Gasteiger partial charge in [-0.3, -0.25) is 4.79 Å². The van der Waals surface area contributed by atoms with Crippen LogP contribution in [0.4, 0.5) is 0 Å². The highest BCUT2D eigenvalue weighted by Crippen LogP contribution is 2.25. The molecule has 0 radical (unpaired) electrons. The lowest BCUT2D eigenvalue weighted by atomic mass is 10.0. The number of sulfonamides is 1. The molecule has 1 aromatic heterocycles. The van der Waals surface area contributed by atoms with Crippen molar-refractivity contribution in [1.29, 1.82) is 0 Å². The van der Waals surface area contributed by atoms with Crippen molar-refractivity contribution in [2.45, 2.75) is 31.2 Å². The van der Waals surface area contributed by atoms with Gasteiger partial charge in [0.05, 0.1) is 17.4 Å². The monoisotopic (exact) mass is 385 g/mol. The Morgan fingerprint density at radius 1 is 1.15 bits per heavy atom. The topological polar surface area (TPSA) is 96.3 Å². The molecule has 0 spiro atoms. The lowest BCUT2D eigenvalue weighted by Gasteiger charge is -2.25. The Balaban J connectivity index is 1.79. The summed E-state index contributed by atoms with van der Waals surface area (Å²) in [7, 11) is -1.97. The number of carbonyl (C=O) groups excluding carboxylic acids is 1. The molecule has 1 amide bonds. The third kappa shape index (κ3) is 3.89. The summed E-state index contributed by atoms with van der Waals surface area (Å²) in [4.78, 5) is 17.9. The summed E-state index contributed by atoms with van der Waals surface area (Å²) in [5, 5.41) is 6.19. The zero-order valence-corrected chi connectivity index (χ0v) is 16.4.